The highest BCUT2D eigenvalue weighted by Gasteiger charge is 2.20. The summed E-state index contributed by atoms with van der Waals surface area (Å²) in [6.45, 7) is 8.06. The van der Waals surface area contributed by atoms with Crippen LogP contribution >= 0.6 is 0 Å². The Bertz CT molecular complexity index is 583. The molecular formula is C20H31NO5. The van der Waals surface area contributed by atoms with Crippen LogP contribution in [0.5, 0.6) is 0 Å². The highest BCUT2D eigenvalue weighted by molar-refractivity contribution is 5.91. The van der Waals surface area contributed by atoms with Gasteiger partial charge in [0.2, 0.25) is 5.91 Å². The van der Waals surface area contributed by atoms with Crippen molar-refractivity contribution in [2.24, 2.45) is 0 Å². The highest BCUT2D eigenvalue weighted by Crippen LogP contribution is 2.11. The van der Waals surface area contributed by atoms with Crippen LogP contribution in [0.4, 0.5) is 0 Å². The van der Waals surface area contributed by atoms with Crippen LogP contribution in [0, 0.1) is 0 Å². The molecule has 6 heteroatoms. The van der Waals surface area contributed by atoms with Gasteiger partial charge in [0.05, 0.1) is 0 Å². The Balaban J connectivity index is 4.42. The number of hydrogen-bond donors (Lipinski definition) is 3. The third kappa shape index (κ3) is 13.0. The number of carbonyl (C=O) groups is 3. The molecule has 1 amide bonds. The Hall–Kier alpha value is -2.37. The van der Waals surface area contributed by atoms with Crippen LogP contribution < -0.4 is 5.32 Å². The summed E-state index contributed by atoms with van der Waals surface area (Å²) in [5.74, 6) is -2.84. The van der Waals surface area contributed by atoms with Gasteiger partial charge < -0.3 is 15.5 Å². The van der Waals surface area contributed by atoms with E-state index in [1.165, 1.54) is 17.2 Å². The van der Waals surface area contributed by atoms with Crippen molar-refractivity contribution in [2.75, 3.05) is 0 Å². The number of hydrogen-bond acceptors (Lipinski definition) is 3. The minimum absolute atomic E-state index is 0.142. The Morgan fingerprint density at radius 2 is 1.46 bits per heavy atom. The molecule has 0 aromatic heterocycles. The van der Waals surface area contributed by atoms with Crippen LogP contribution in [0.25, 0.3) is 0 Å². The van der Waals surface area contributed by atoms with Crippen LogP contribution in [-0.2, 0) is 14.4 Å². The van der Waals surface area contributed by atoms with E-state index in [0.29, 0.717) is 6.42 Å². The van der Waals surface area contributed by atoms with Crippen LogP contribution in [-0.4, -0.2) is 34.1 Å². The number of amides is 1. The molecule has 1 atom stereocenters. The van der Waals surface area contributed by atoms with Gasteiger partial charge in [0.1, 0.15) is 6.04 Å². The molecule has 0 aliphatic rings. The van der Waals surface area contributed by atoms with E-state index in [1.54, 1.807) is 0 Å². The monoisotopic (exact) mass is 365 g/mol. The fourth-order valence-electron chi connectivity index (χ4n) is 2.27. The van der Waals surface area contributed by atoms with Gasteiger partial charge in [0.25, 0.3) is 0 Å². The lowest BCUT2D eigenvalue weighted by Gasteiger charge is -2.12. The van der Waals surface area contributed by atoms with Gasteiger partial charge in [-0.1, -0.05) is 28.9 Å². The van der Waals surface area contributed by atoms with Gasteiger partial charge in [-0.25, -0.2) is 4.79 Å². The van der Waals surface area contributed by atoms with Gasteiger partial charge in [-0.05, 0) is 59.8 Å². The summed E-state index contributed by atoms with van der Waals surface area (Å²) in [4.78, 5) is 33.5. The molecule has 0 radical (unpaired) electrons. The zero-order valence-electron chi connectivity index (χ0n) is 16.2. The van der Waals surface area contributed by atoms with Crippen molar-refractivity contribution in [3.8, 4) is 0 Å². The first-order chi connectivity index (χ1) is 12.1. The molecule has 0 saturated carbocycles. The second kappa shape index (κ2) is 12.9. The minimum Gasteiger partial charge on any atom is -0.481 e. The zero-order valence-corrected chi connectivity index (χ0v) is 16.2. The SMILES string of the molecule is CC(C)=CCCC(C)=CCCC(C)=CC(=O)N[C@H](CCC(=O)O)C(=O)O. The number of allylic oxidation sites excluding steroid dienone is 5. The summed E-state index contributed by atoms with van der Waals surface area (Å²) in [6.07, 6.45) is 8.85. The largest absolute Gasteiger partial charge is 0.481 e. The maximum atomic E-state index is 11.9. The summed E-state index contributed by atoms with van der Waals surface area (Å²) < 4.78 is 0. The van der Waals surface area contributed by atoms with Gasteiger partial charge in [-0.3, -0.25) is 9.59 Å². The fourth-order valence-corrected chi connectivity index (χ4v) is 2.27. The Kier molecular flexibility index (Phi) is 11.7. The molecule has 0 rings (SSSR count). The molecule has 0 aromatic carbocycles. The second-order valence-electron chi connectivity index (χ2n) is 6.73. The van der Waals surface area contributed by atoms with E-state index in [-0.39, 0.29) is 12.8 Å². The van der Waals surface area contributed by atoms with Gasteiger partial charge in [-0.15, -0.1) is 0 Å². The van der Waals surface area contributed by atoms with Crippen molar-refractivity contribution >= 4 is 17.8 Å². The van der Waals surface area contributed by atoms with Crippen molar-refractivity contribution in [3.63, 3.8) is 0 Å². The second-order valence-corrected chi connectivity index (χ2v) is 6.73. The molecule has 0 unspecified atom stereocenters. The first-order valence-electron chi connectivity index (χ1n) is 8.83. The summed E-state index contributed by atoms with van der Waals surface area (Å²) in [5, 5.41) is 20.0. The van der Waals surface area contributed by atoms with Crippen molar-refractivity contribution in [3.05, 3.63) is 34.9 Å². The van der Waals surface area contributed by atoms with Crippen LogP contribution in [0.1, 0.15) is 66.2 Å². The Morgan fingerprint density at radius 3 is 2.00 bits per heavy atom. The predicted molar refractivity (Wildman–Crippen MR) is 102 cm³/mol. The maximum Gasteiger partial charge on any atom is 0.326 e. The van der Waals surface area contributed by atoms with E-state index in [0.717, 1.165) is 24.8 Å². The average molecular weight is 365 g/mol. The molecule has 0 saturated heterocycles. The molecule has 26 heavy (non-hydrogen) atoms. The maximum absolute atomic E-state index is 11.9. The number of aliphatic carboxylic acids is 2. The van der Waals surface area contributed by atoms with Gasteiger partial charge in [0, 0.05) is 12.5 Å². The average Bonchev–Trinajstić information content (AvgIpc) is 2.50. The third-order valence-corrected chi connectivity index (χ3v) is 3.76. The molecular weight excluding hydrogens is 334 g/mol. The van der Waals surface area contributed by atoms with Crippen LogP contribution in [0.15, 0.2) is 34.9 Å². The quantitative estimate of drug-likeness (QED) is 0.360. The number of nitrogens with one attached hydrogen (secondary N) is 1. The van der Waals surface area contributed by atoms with Gasteiger partial charge >= 0.3 is 11.9 Å². The van der Waals surface area contributed by atoms with Crippen molar-refractivity contribution in [2.45, 2.75) is 72.3 Å². The molecule has 6 nitrogen and oxygen atoms in total. The fraction of sp³-hybridized carbons (Fsp3) is 0.550. The van der Waals surface area contributed by atoms with E-state index >= 15 is 0 Å². The van der Waals surface area contributed by atoms with E-state index in [1.807, 2.05) is 6.92 Å². The molecule has 0 aliphatic carbocycles. The molecule has 0 spiro atoms. The number of carboxylic acid groups (broad SMARTS) is 2. The summed E-state index contributed by atoms with van der Waals surface area (Å²) in [6, 6.07) is -1.19. The van der Waals surface area contributed by atoms with E-state index < -0.39 is 23.9 Å². The van der Waals surface area contributed by atoms with Crippen molar-refractivity contribution in [1.82, 2.24) is 5.32 Å². The molecule has 3 N–H and O–H groups in total. The predicted octanol–water partition coefficient (Wildman–Crippen LogP) is 3.84. The molecule has 0 aliphatic heterocycles. The number of rotatable bonds is 12. The number of carbonyl (C=O) groups excluding carboxylic acids is 1. The van der Waals surface area contributed by atoms with Crippen LogP contribution in [0.2, 0.25) is 0 Å². The van der Waals surface area contributed by atoms with E-state index in [2.05, 4.69) is 38.2 Å². The van der Waals surface area contributed by atoms with Crippen molar-refractivity contribution in [1.29, 1.82) is 0 Å². The lowest BCUT2D eigenvalue weighted by atomic mass is 10.1. The summed E-state index contributed by atoms with van der Waals surface area (Å²) in [5.41, 5.74) is 3.46. The van der Waals surface area contributed by atoms with Crippen LogP contribution in [0.3, 0.4) is 0 Å². The molecule has 146 valence electrons. The molecule has 0 heterocycles. The van der Waals surface area contributed by atoms with Gasteiger partial charge in [0.15, 0.2) is 0 Å². The third-order valence-electron chi connectivity index (χ3n) is 3.76. The lowest BCUT2D eigenvalue weighted by molar-refractivity contribution is -0.142. The highest BCUT2D eigenvalue weighted by atomic mass is 16.4. The first-order valence-corrected chi connectivity index (χ1v) is 8.83. The molecule has 0 fully saturated rings. The number of carboxylic acids is 2. The topological polar surface area (TPSA) is 104 Å². The van der Waals surface area contributed by atoms with Crippen molar-refractivity contribution < 1.29 is 24.6 Å². The Morgan fingerprint density at radius 1 is 0.885 bits per heavy atom. The molecule has 0 aromatic rings. The van der Waals surface area contributed by atoms with E-state index in [9.17, 15) is 14.4 Å². The summed E-state index contributed by atoms with van der Waals surface area (Å²) >= 11 is 0. The first kappa shape index (κ1) is 23.6. The van der Waals surface area contributed by atoms with Gasteiger partial charge in [-0.2, -0.15) is 0 Å². The normalized spacial score (nSPS) is 13.1. The molecule has 0 bridgehead atoms. The lowest BCUT2D eigenvalue weighted by Crippen LogP contribution is -2.40. The smallest absolute Gasteiger partial charge is 0.326 e. The summed E-state index contributed by atoms with van der Waals surface area (Å²) in [7, 11) is 0. The van der Waals surface area contributed by atoms with E-state index in [4.69, 9.17) is 10.2 Å². The Labute approximate surface area is 155 Å². The standard InChI is InChI=1S/C20H31NO5/c1-14(2)7-5-8-15(3)9-6-10-16(4)13-18(22)21-17(20(25)26)11-12-19(23)24/h7,9,13,17H,5-6,8,10-12H2,1-4H3,(H,21,22)(H,23,24)(H,25,26)/t17-/m1/s1. The minimum atomic E-state index is -1.24. The zero-order chi connectivity index (χ0) is 20.1.